The van der Waals surface area contributed by atoms with Gasteiger partial charge in [0.1, 0.15) is 11.7 Å². The van der Waals surface area contributed by atoms with Gasteiger partial charge in [0.15, 0.2) is 0 Å². The van der Waals surface area contributed by atoms with Gasteiger partial charge in [-0.3, -0.25) is 19.3 Å². The van der Waals surface area contributed by atoms with E-state index in [4.69, 9.17) is 5.11 Å². The number of carbonyl (C=O) groups is 3. The van der Waals surface area contributed by atoms with E-state index in [1.165, 1.54) is 38.4 Å². The fourth-order valence-electron chi connectivity index (χ4n) is 2.24. The maximum atomic E-state index is 12.9. The van der Waals surface area contributed by atoms with Crippen molar-refractivity contribution >= 4 is 17.8 Å². The summed E-state index contributed by atoms with van der Waals surface area (Å²) in [6.45, 7) is 0. The van der Waals surface area contributed by atoms with Crippen LogP contribution in [0.3, 0.4) is 0 Å². The van der Waals surface area contributed by atoms with Crippen LogP contribution in [-0.4, -0.2) is 41.9 Å². The largest absolute Gasteiger partial charge is 0.481 e. The van der Waals surface area contributed by atoms with E-state index in [0.717, 1.165) is 4.90 Å². The summed E-state index contributed by atoms with van der Waals surface area (Å²) >= 11 is 0. The van der Waals surface area contributed by atoms with E-state index in [0.29, 0.717) is 5.56 Å². The molecule has 1 saturated heterocycles. The molecule has 1 aromatic carbocycles. The van der Waals surface area contributed by atoms with Crippen molar-refractivity contribution in [1.82, 2.24) is 4.90 Å². The lowest BCUT2D eigenvalue weighted by Gasteiger charge is -2.32. The molecule has 1 aliphatic heterocycles. The molecule has 0 aliphatic carbocycles. The first-order chi connectivity index (χ1) is 9.91. The Morgan fingerprint density at radius 2 is 1.81 bits per heavy atom. The van der Waals surface area contributed by atoms with E-state index in [1.807, 2.05) is 0 Å². The van der Waals surface area contributed by atoms with Crippen LogP contribution in [0.4, 0.5) is 4.39 Å². The Labute approximate surface area is 121 Å². The summed E-state index contributed by atoms with van der Waals surface area (Å²) in [4.78, 5) is 35.6. The Kier molecular flexibility index (Phi) is 5.54. The first-order valence-corrected chi connectivity index (χ1v) is 6.28. The predicted molar refractivity (Wildman–Crippen MR) is 72.8 cm³/mol. The summed E-state index contributed by atoms with van der Waals surface area (Å²) in [6, 6.07) is 5.17. The molecule has 6 nitrogen and oxygen atoms in total. The zero-order chi connectivity index (χ0) is 16.2. The van der Waals surface area contributed by atoms with Crippen molar-refractivity contribution in [3.63, 3.8) is 0 Å². The van der Waals surface area contributed by atoms with Crippen molar-refractivity contribution in [2.24, 2.45) is 11.7 Å². The first kappa shape index (κ1) is 16.8. The second kappa shape index (κ2) is 6.94. The number of amides is 2. The van der Waals surface area contributed by atoms with E-state index >= 15 is 0 Å². The molecule has 2 unspecified atom stereocenters. The Hall–Kier alpha value is -2.28. The summed E-state index contributed by atoms with van der Waals surface area (Å²) in [5.74, 6) is -4.97. The highest BCUT2D eigenvalue weighted by Crippen LogP contribution is 2.34. The quantitative estimate of drug-likeness (QED) is 0.614. The minimum absolute atomic E-state index is 0.0785. The van der Waals surface area contributed by atoms with Gasteiger partial charge in [-0.05, 0) is 24.7 Å². The molecule has 0 spiro atoms. The molecule has 2 rings (SSSR count). The number of rotatable bonds is 2. The smallest absolute Gasteiger partial charge is 0.316 e. The third kappa shape index (κ3) is 3.43. The molecule has 21 heavy (non-hydrogen) atoms. The highest BCUT2D eigenvalue weighted by atomic mass is 19.1. The van der Waals surface area contributed by atoms with Crippen LogP contribution in [0.25, 0.3) is 0 Å². The van der Waals surface area contributed by atoms with Gasteiger partial charge >= 0.3 is 5.97 Å². The standard InChI is InChI=1S/C13H12FNO4.CH5N/c1-15-10(16)6-9(11(12(15)17)13(18)19)7-2-4-8(14)5-3-7;1-2/h2-5,9,11H,6H2,1H3,(H,18,19);2H2,1H3. The number of hydrogen-bond donors (Lipinski definition) is 2. The summed E-state index contributed by atoms with van der Waals surface area (Å²) in [5, 5.41) is 9.17. The zero-order valence-corrected chi connectivity index (χ0v) is 11.7. The van der Waals surface area contributed by atoms with Crippen molar-refractivity contribution in [2.45, 2.75) is 12.3 Å². The highest BCUT2D eigenvalue weighted by Gasteiger charge is 2.44. The number of carboxylic acids is 1. The van der Waals surface area contributed by atoms with Crippen LogP contribution >= 0.6 is 0 Å². The van der Waals surface area contributed by atoms with E-state index in [9.17, 15) is 18.8 Å². The predicted octanol–water partition coefficient (Wildman–Crippen LogP) is 0.574. The van der Waals surface area contributed by atoms with Gasteiger partial charge in [-0.25, -0.2) is 4.39 Å². The van der Waals surface area contributed by atoms with Crippen molar-refractivity contribution in [1.29, 1.82) is 0 Å². The molecule has 1 heterocycles. The van der Waals surface area contributed by atoms with Crippen molar-refractivity contribution < 1.29 is 23.9 Å². The average Bonchev–Trinajstić information content (AvgIpc) is 2.47. The van der Waals surface area contributed by atoms with Crippen molar-refractivity contribution in [3.05, 3.63) is 35.6 Å². The van der Waals surface area contributed by atoms with E-state index in [-0.39, 0.29) is 6.42 Å². The number of aliphatic carboxylic acids is 1. The highest BCUT2D eigenvalue weighted by molar-refractivity contribution is 6.08. The molecule has 0 aromatic heterocycles. The monoisotopic (exact) mass is 296 g/mol. The van der Waals surface area contributed by atoms with Gasteiger partial charge in [0.05, 0.1) is 0 Å². The first-order valence-electron chi connectivity index (χ1n) is 6.28. The Morgan fingerprint density at radius 3 is 2.29 bits per heavy atom. The summed E-state index contributed by atoms with van der Waals surface area (Å²) in [5.41, 5.74) is 4.98. The van der Waals surface area contributed by atoms with Crippen LogP contribution < -0.4 is 5.73 Å². The van der Waals surface area contributed by atoms with Gasteiger partial charge in [0, 0.05) is 19.4 Å². The maximum Gasteiger partial charge on any atom is 0.316 e. The van der Waals surface area contributed by atoms with E-state index in [1.54, 1.807) is 0 Å². The molecule has 3 N–H and O–H groups in total. The van der Waals surface area contributed by atoms with Crippen LogP contribution in [-0.2, 0) is 14.4 Å². The van der Waals surface area contributed by atoms with E-state index in [2.05, 4.69) is 5.73 Å². The van der Waals surface area contributed by atoms with Gasteiger partial charge in [0.2, 0.25) is 11.8 Å². The number of imide groups is 1. The molecular weight excluding hydrogens is 279 g/mol. The van der Waals surface area contributed by atoms with Gasteiger partial charge in [0.25, 0.3) is 0 Å². The van der Waals surface area contributed by atoms with Gasteiger partial charge in [-0.2, -0.15) is 0 Å². The van der Waals surface area contributed by atoms with Crippen LogP contribution in [0.15, 0.2) is 24.3 Å². The molecule has 1 aliphatic rings. The lowest BCUT2D eigenvalue weighted by molar-refractivity contribution is -0.159. The maximum absolute atomic E-state index is 12.9. The van der Waals surface area contributed by atoms with Crippen molar-refractivity contribution in [3.8, 4) is 0 Å². The number of nitrogens with zero attached hydrogens (tertiary/aromatic N) is 1. The second-order valence-electron chi connectivity index (χ2n) is 4.47. The van der Waals surface area contributed by atoms with Crippen LogP contribution in [0.2, 0.25) is 0 Å². The number of nitrogens with two attached hydrogens (primary N) is 1. The number of carbonyl (C=O) groups excluding carboxylic acids is 2. The van der Waals surface area contributed by atoms with Gasteiger partial charge in [-0.15, -0.1) is 0 Å². The molecule has 0 saturated carbocycles. The lowest BCUT2D eigenvalue weighted by Crippen LogP contribution is -2.48. The molecule has 7 heteroatoms. The Balaban J connectivity index is 0.00000106. The molecule has 114 valence electrons. The molecule has 1 aromatic rings. The van der Waals surface area contributed by atoms with Gasteiger partial charge < -0.3 is 10.8 Å². The molecular formula is C14H17FN2O4. The van der Waals surface area contributed by atoms with Crippen LogP contribution in [0.5, 0.6) is 0 Å². The SMILES string of the molecule is CN.CN1C(=O)CC(c2ccc(F)cc2)C(C(=O)O)C1=O. The molecule has 2 atom stereocenters. The third-order valence-corrected chi connectivity index (χ3v) is 3.33. The van der Waals surface area contributed by atoms with Crippen LogP contribution in [0.1, 0.15) is 17.9 Å². The minimum atomic E-state index is -1.31. The van der Waals surface area contributed by atoms with Gasteiger partial charge in [-0.1, -0.05) is 12.1 Å². The summed E-state index contributed by atoms with van der Waals surface area (Å²) < 4.78 is 12.9. The fourth-order valence-corrected chi connectivity index (χ4v) is 2.24. The Bertz CT molecular complexity index is 544. The molecule has 1 fully saturated rings. The number of hydrogen-bond acceptors (Lipinski definition) is 4. The average molecular weight is 296 g/mol. The Morgan fingerprint density at radius 1 is 1.29 bits per heavy atom. The number of piperidine rings is 1. The fraction of sp³-hybridized carbons (Fsp3) is 0.357. The lowest BCUT2D eigenvalue weighted by atomic mass is 9.79. The molecule has 0 radical (unpaired) electrons. The number of halogens is 1. The summed E-state index contributed by atoms with van der Waals surface area (Å²) in [7, 11) is 2.77. The normalized spacial score (nSPS) is 21.6. The molecule has 2 amide bonds. The van der Waals surface area contributed by atoms with Crippen molar-refractivity contribution in [2.75, 3.05) is 14.1 Å². The zero-order valence-electron chi connectivity index (χ0n) is 11.7. The van der Waals surface area contributed by atoms with Crippen LogP contribution in [0, 0.1) is 11.7 Å². The molecule has 0 bridgehead atoms. The number of likely N-dealkylation sites (tertiary alicyclic amines) is 1. The number of benzene rings is 1. The number of carboxylic acid groups (broad SMARTS) is 1. The minimum Gasteiger partial charge on any atom is -0.481 e. The topological polar surface area (TPSA) is 101 Å². The second-order valence-corrected chi connectivity index (χ2v) is 4.47. The third-order valence-electron chi connectivity index (χ3n) is 3.33. The van der Waals surface area contributed by atoms with E-state index < -0.39 is 35.4 Å². The summed E-state index contributed by atoms with van der Waals surface area (Å²) in [6.07, 6.45) is -0.0785.